The maximum absolute atomic E-state index is 9.27. The highest BCUT2D eigenvalue weighted by atomic mass is 16.7. The molecule has 1 saturated carbocycles. The fourth-order valence-electron chi connectivity index (χ4n) is 3.66. The van der Waals surface area contributed by atoms with Gasteiger partial charge in [-0.25, -0.2) is 0 Å². The van der Waals surface area contributed by atoms with Crippen LogP contribution >= 0.6 is 0 Å². The third-order valence-corrected chi connectivity index (χ3v) is 5.72. The second kappa shape index (κ2) is 5.98. The standard InChI is InChI=1S/C16H31BO3/c1-12-9-13(11-18)10-14(12)7-6-8-17-19-15(2,3)16(4,5)20-17/h12-14,18H,6-11H2,1-5H3/t12-,13?,14+/m0/s1. The predicted molar refractivity (Wildman–Crippen MR) is 82.6 cm³/mol. The second-order valence-corrected chi connectivity index (χ2v) is 7.87. The number of aliphatic hydroxyl groups excluding tert-OH is 1. The molecule has 1 unspecified atom stereocenters. The van der Waals surface area contributed by atoms with Gasteiger partial charge in [-0.1, -0.05) is 19.8 Å². The van der Waals surface area contributed by atoms with Crippen molar-refractivity contribution in [1.29, 1.82) is 0 Å². The molecule has 1 saturated heterocycles. The molecule has 116 valence electrons. The van der Waals surface area contributed by atoms with Crippen molar-refractivity contribution in [2.75, 3.05) is 6.61 Å². The first-order chi connectivity index (χ1) is 9.25. The summed E-state index contributed by atoms with van der Waals surface area (Å²) in [5.74, 6) is 2.06. The predicted octanol–water partition coefficient (Wildman–Crippen LogP) is 3.51. The van der Waals surface area contributed by atoms with Gasteiger partial charge in [0.05, 0.1) is 11.2 Å². The van der Waals surface area contributed by atoms with E-state index in [-0.39, 0.29) is 18.3 Å². The SMILES string of the molecule is C[C@H]1CC(CO)C[C@H]1CCCB1OC(C)(C)C(C)(C)O1. The quantitative estimate of drug-likeness (QED) is 0.784. The van der Waals surface area contributed by atoms with Crippen LogP contribution in [0.5, 0.6) is 0 Å². The van der Waals surface area contributed by atoms with E-state index < -0.39 is 0 Å². The monoisotopic (exact) mass is 282 g/mol. The van der Waals surface area contributed by atoms with Crippen molar-refractivity contribution >= 4 is 7.12 Å². The van der Waals surface area contributed by atoms with Crippen molar-refractivity contribution in [3.05, 3.63) is 0 Å². The number of rotatable bonds is 5. The summed E-state index contributed by atoms with van der Waals surface area (Å²) >= 11 is 0. The Morgan fingerprint density at radius 3 is 2.20 bits per heavy atom. The van der Waals surface area contributed by atoms with E-state index in [1.165, 1.54) is 19.3 Å². The van der Waals surface area contributed by atoms with Gasteiger partial charge in [0.15, 0.2) is 0 Å². The van der Waals surface area contributed by atoms with Gasteiger partial charge in [0.1, 0.15) is 0 Å². The first-order valence-electron chi connectivity index (χ1n) is 8.21. The average Bonchev–Trinajstić information content (AvgIpc) is 2.78. The summed E-state index contributed by atoms with van der Waals surface area (Å²) in [6.45, 7) is 11.1. The zero-order valence-corrected chi connectivity index (χ0v) is 13.8. The summed E-state index contributed by atoms with van der Waals surface area (Å²) in [4.78, 5) is 0. The molecule has 0 aromatic heterocycles. The number of hydrogen-bond acceptors (Lipinski definition) is 3. The highest BCUT2D eigenvalue weighted by Gasteiger charge is 2.50. The van der Waals surface area contributed by atoms with E-state index in [4.69, 9.17) is 9.31 Å². The molecule has 1 heterocycles. The van der Waals surface area contributed by atoms with E-state index in [1.807, 2.05) is 0 Å². The van der Waals surface area contributed by atoms with Crippen LogP contribution in [-0.2, 0) is 9.31 Å². The Kier molecular flexibility index (Phi) is 4.88. The smallest absolute Gasteiger partial charge is 0.403 e. The van der Waals surface area contributed by atoms with Crippen LogP contribution in [0.15, 0.2) is 0 Å². The van der Waals surface area contributed by atoms with Gasteiger partial charge in [0.25, 0.3) is 0 Å². The minimum Gasteiger partial charge on any atom is -0.403 e. The molecule has 3 nitrogen and oxygen atoms in total. The Hall–Kier alpha value is -0.0551. The molecular weight excluding hydrogens is 251 g/mol. The molecule has 2 aliphatic rings. The van der Waals surface area contributed by atoms with Gasteiger partial charge in [0.2, 0.25) is 0 Å². The van der Waals surface area contributed by atoms with E-state index >= 15 is 0 Å². The number of hydrogen-bond donors (Lipinski definition) is 1. The van der Waals surface area contributed by atoms with E-state index in [0.29, 0.717) is 12.5 Å². The van der Waals surface area contributed by atoms with Crippen molar-refractivity contribution < 1.29 is 14.4 Å². The Labute approximate surface area is 124 Å². The molecule has 1 aliphatic carbocycles. The zero-order chi connectivity index (χ0) is 15.0. The highest BCUT2D eigenvalue weighted by molar-refractivity contribution is 6.45. The van der Waals surface area contributed by atoms with E-state index in [9.17, 15) is 5.11 Å². The Morgan fingerprint density at radius 2 is 1.70 bits per heavy atom. The fraction of sp³-hybridized carbons (Fsp3) is 1.00. The van der Waals surface area contributed by atoms with Crippen LogP contribution in [0.3, 0.4) is 0 Å². The lowest BCUT2D eigenvalue weighted by Crippen LogP contribution is -2.41. The normalized spacial score (nSPS) is 35.7. The van der Waals surface area contributed by atoms with E-state index in [0.717, 1.165) is 24.6 Å². The average molecular weight is 282 g/mol. The summed E-state index contributed by atoms with van der Waals surface area (Å²) in [5.41, 5.74) is -0.416. The maximum atomic E-state index is 9.27. The van der Waals surface area contributed by atoms with Crippen molar-refractivity contribution in [2.24, 2.45) is 17.8 Å². The molecule has 1 aliphatic heterocycles. The zero-order valence-electron chi connectivity index (χ0n) is 13.8. The minimum atomic E-state index is -0.208. The summed E-state index contributed by atoms with van der Waals surface area (Å²) in [6, 6.07) is 0. The minimum absolute atomic E-state index is 0.0506. The maximum Gasteiger partial charge on any atom is 0.457 e. The molecule has 0 spiro atoms. The van der Waals surface area contributed by atoms with Crippen molar-refractivity contribution in [3.8, 4) is 0 Å². The van der Waals surface area contributed by atoms with Crippen LogP contribution in [-0.4, -0.2) is 30.0 Å². The molecule has 2 fully saturated rings. The molecular formula is C16H31BO3. The van der Waals surface area contributed by atoms with Gasteiger partial charge in [-0.3, -0.25) is 0 Å². The van der Waals surface area contributed by atoms with Gasteiger partial charge >= 0.3 is 7.12 Å². The Bertz CT molecular complexity index is 314. The lowest BCUT2D eigenvalue weighted by Gasteiger charge is -2.32. The molecule has 0 amide bonds. The van der Waals surface area contributed by atoms with Crippen LogP contribution < -0.4 is 0 Å². The summed E-state index contributed by atoms with van der Waals surface area (Å²) < 4.78 is 12.1. The van der Waals surface area contributed by atoms with Gasteiger partial charge < -0.3 is 14.4 Å². The highest BCUT2D eigenvalue weighted by Crippen LogP contribution is 2.41. The van der Waals surface area contributed by atoms with E-state index in [2.05, 4.69) is 34.6 Å². The van der Waals surface area contributed by atoms with Crippen LogP contribution in [0.1, 0.15) is 60.3 Å². The van der Waals surface area contributed by atoms with Crippen LogP contribution in [0.4, 0.5) is 0 Å². The topological polar surface area (TPSA) is 38.7 Å². The molecule has 0 bridgehead atoms. The Morgan fingerprint density at radius 1 is 1.10 bits per heavy atom. The molecule has 0 radical (unpaired) electrons. The van der Waals surface area contributed by atoms with E-state index in [1.54, 1.807) is 0 Å². The molecule has 20 heavy (non-hydrogen) atoms. The van der Waals surface area contributed by atoms with Crippen molar-refractivity contribution in [3.63, 3.8) is 0 Å². The largest absolute Gasteiger partial charge is 0.457 e. The fourth-order valence-corrected chi connectivity index (χ4v) is 3.66. The van der Waals surface area contributed by atoms with Gasteiger partial charge in [-0.05, 0) is 64.6 Å². The summed E-state index contributed by atoms with van der Waals surface area (Å²) in [5, 5.41) is 9.27. The second-order valence-electron chi connectivity index (χ2n) is 7.87. The van der Waals surface area contributed by atoms with Crippen LogP contribution in [0, 0.1) is 17.8 Å². The molecule has 0 aromatic rings. The summed E-state index contributed by atoms with van der Waals surface area (Å²) in [6.07, 6.45) is 5.77. The first-order valence-corrected chi connectivity index (χ1v) is 8.21. The molecule has 0 aromatic carbocycles. The lowest BCUT2D eigenvalue weighted by molar-refractivity contribution is 0.00578. The van der Waals surface area contributed by atoms with Gasteiger partial charge in [-0.2, -0.15) is 0 Å². The van der Waals surface area contributed by atoms with Crippen LogP contribution in [0.2, 0.25) is 6.32 Å². The van der Waals surface area contributed by atoms with Crippen LogP contribution in [0.25, 0.3) is 0 Å². The Balaban J connectivity index is 1.72. The molecule has 1 N–H and O–H groups in total. The summed E-state index contributed by atoms with van der Waals surface area (Å²) in [7, 11) is -0.0506. The lowest BCUT2D eigenvalue weighted by atomic mass is 9.80. The number of aliphatic hydroxyl groups is 1. The third kappa shape index (κ3) is 3.40. The molecule has 3 atom stereocenters. The third-order valence-electron chi connectivity index (χ3n) is 5.72. The molecule has 2 rings (SSSR count). The van der Waals surface area contributed by atoms with Crippen molar-refractivity contribution in [1.82, 2.24) is 0 Å². The first kappa shape index (κ1) is 16.3. The molecule has 4 heteroatoms. The van der Waals surface area contributed by atoms with Gasteiger partial charge in [0, 0.05) is 6.61 Å². The van der Waals surface area contributed by atoms with Crippen molar-refractivity contribution in [2.45, 2.75) is 77.8 Å². The van der Waals surface area contributed by atoms with Gasteiger partial charge in [-0.15, -0.1) is 0 Å².